The number of hydrogen-bond acceptors (Lipinski definition) is 3. The van der Waals surface area contributed by atoms with E-state index >= 15 is 0 Å². The van der Waals surface area contributed by atoms with Crippen LogP contribution in [0.25, 0.3) is 0 Å². The Bertz CT molecular complexity index is 699. The number of carbonyl (C=O) groups is 1. The molecule has 3 rings (SSSR count). The maximum absolute atomic E-state index is 12.8. The molecule has 0 saturated carbocycles. The topological polar surface area (TPSA) is 57.7 Å². The molecule has 2 fully saturated rings. The summed E-state index contributed by atoms with van der Waals surface area (Å²) in [7, 11) is -1.71. The van der Waals surface area contributed by atoms with Crippen LogP contribution in [0.2, 0.25) is 0 Å². The molecular formula is C17H24N2O3S. The van der Waals surface area contributed by atoms with Crippen LogP contribution < -0.4 is 0 Å². The Hall–Kier alpha value is -1.40. The number of hydrogen-bond donors (Lipinski definition) is 0. The van der Waals surface area contributed by atoms with Crippen molar-refractivity contribution in [1.29, 1.82) is 0 Å². The highest BCUT2D eigenvalue weighted by Crippen LogP contribution is 2.41. The third-order valence-electron chi connectivity index (χ3n) is 5.24. The van der Waals surface area contributed by atoms with E-state index in [0.717, 1.165) is 31.4 Å². The second-order valence-electron chi connectivity index (χ2n) is 6.70. The predicted molar refractivity (Wildman–Crippen MR) is 88.5 cm³/mol. The minimum atomic E-state index is -3.52. The van der Waals surface area contributed by atoms with Crippen LogP contribution in [-0.2, 0) is 21.2 Å². The lowest BCUT2D eigenvalue weighted by Crippen LogP contribution is -2.48. The number of amides is 1. The summed E-state index contributed by atoms with van der Waals surface area (Å²) in [6.45, 7) is 3.55. The minimum Gasteiger partial charge on any atom is -0.345 e. The molecule has 2 heterocycles. The number of likely N-dealkylation sites (tertiary alicyclic amines) is 1. The van der Waals surface area contributed by atoms with Gasteiger partial charge in [0.15, 0.2) is 0 Å². The predicted octanol–water partition coefficient (Wildman–Crippen LogP) is 1.88. The van der Waals surface area contributed by atoms with Gasteiger partial charge in [-0.15, -0.1) is 0 Å². The fourth-order valence-electron chi connectivity index (χ4n) is 3.73. The van der Waals surface area contributed by atoms with Gasteiger partial charge in [0.05, 0.1) is 10.3 Å². The van der Waals surface area contributed by atoms with Gasteiger partial charge in [-0.2, -0.15) is 4.31 Å². The van der Waals surface area contributed by atoms with Crippen LogP contribution in [0.5, 0.6) is 0 Å². The number of piperidine rings is 1. The molecule has 2 aliphatic heterocycles. The monoisotopic (exact) mass is 336 g/mol. The van der Waals surface area contributed by atoms with Crippen molar-refractivity contribution in [2.24, 2.45) is 5.41 Å². The van der Waals surface area contributed by atoms with Crippen LogP contribution >= 0.6 is 0 Å². The van der Waals surface area contributed by atoms with E-state index in [1.807, 2.05) is 26.1 Å². The maximum Gasteiger partial charge on any atom is 0.243 e. The fourth-order valence-corrected chi connectivity index (χ4v) is 5.26. The van der Waals surface area contributed by atoms with Crippen molar-refractivity contribution in [3.05, 3.63) is 29.8 Å². The Morgan fingerprint density at radius 2 is 1.83 bits per heavy atom. The Kier molecular flexibility index (Phi) is 4.23. The first kappa shape index (κ1) is 16.5. The van der Waals surface area contributed by atoms with E-state index in [1.54, 1.807) is 17.0 Å². The molecule has 5 nitrogen and oxygen atoms in total. The number of rotatable bonds is 3. The summed E-state index contributed by atoms with van der Waals surface area (Å²) in [5.41, 5.74) is 0.606. The highest BCUT2D eigenvalue weighted by atomic mass is 32.2. The largest absolute Gasteiger partial charge is 0.345 e. The number of nitrogens with zero attached hydrogens (tertiary/aromatic N) is 2. The van der Waals surface area contributed by atoms with Gasteiger partial charge in [0, 0.05) is 26.7 Å². The number of benzene rings is 1. The first-order chi connectivity index (χ1) is 10.9. The number of sulfonamides is 1. The zero-order chi connectivity index (χ0) is 16.7. The molecule has 0 bridgehead atoms. The molecule has 1 atom stereocenters. The zero-order valence-electron chi connectivity index (χ0n) is 13.8. The summed E-state index contributed by atoms with van der Waals surface area (Å²) in [5, 5.41) is 0. The first-order valence-electron chi connectivity index (χ1n) is 8.24. The summed E-state index contributed by atoms with van der Waals surface area (Å²) in [6.07, 6.45) is 3.24. The van der Waals surface area contributed by atoms with Gasteiger partial charge in [0.1, 0.15) is 0 Å². The zero-order valence-corrected chi connectivity index (χ0v) is 14.6. The third kappa shape index (κ3) is 2.78. The Balaban J connectivity index is 1.83. The summed E-state index contributed by atoms with van der Waals surface area (Å²) in [5.74, 6) is 0.0998. The third-order valence-corrected chi connectivity index (χ3v) is 7.10. The summed E-state index contributed by atoms with van der Waals surface area (Å²) < 4.78 is 27.2. The Morgan fingerprint density at radius 1 is 1.13 bits per heavy atom. The van der Waals surface area contributed by atoms with Crippen molar-refractivity contribution in [3.8, 4) is 0 Å². The average Bonchev–Trinajstić information content (AvgIpc) is 2.99. The first-order valence-corrected chi connectivity index (χ1v) is 9.68. The summed E-state index contributed by atoms with van der Waals surface area (Å²) >= 11 is 0. The van der Waals surface area contributed by atoms with Crippen LogP contribution in [-0.4, -0.2) is 50.2 Å². The lowest BCUT2D eigenvalue weighted by molar-refractivity contribution is -0.143. The molecule has 1 amide bonds. The normalized spacial score (nSPS) is 26.2. The van der Waals surface area contributed by atoms with Gasteiger partial charge in [0.2, 0.25) is 15.9 Å². The van der Waals surface area contributed by atoms with Crippen LogP contribution in [0.1, 0.15) is 31.7 Å². The van der Waals surface area contributed by atoms with Crippen molar-refractivity contribution in [2.45, 2.75) is 37.5 Å². The van der Waals surface area contributed by atoms with Crippen molar-refractivity contribution in [1.82, 2.24) is 9.21 Å². The molecule has 2 aliphatic rings. The van der Waals surface area contributed by atoms with Gasteiger partial charge in [-0.3, -0.25) is 4.79 Å². The van der Waals surface area contributed by atoms with E-state index in [4.69, 9.17) is 0 Å². The van der Waals surface area contributed by atoms with Crippen LogP contribution in [0.15, 0.2) is 29.2 Å². The summed E-state index contributed by atoms with van der Waals surface area (Å²) in [6, 6.07) is 7.07. The molecule has 0 radical (unpaired) electrons. The molecule has 0 N–H and O–H groups in total. The smallest absolute Gasteiger partial charge is 0.243 e. The lowest BCUT2D eigenvalue weighted by Gasteiger charge is -2.37. The van der Waals surface area contributed by atoms with Crippen LogP contribution in [0, 0.1) is 5.41 Å². The van der Waals surface area contributed by atoms with Gasteiger partial charge < -0.3 is 4.90 Å². The highest BCUT2D eigenvalue weighted by molar-refractivity contribution is 7.89. The number of aryl methyl sites for hydroxylation is 1. The Morgan fingerprint density at radius 3 is 2.48 bits per heavy atom. The van der Waals surface area contributed by atoms with Crippen LogP contribution in [0.4, 0.5) is 0 Å². The van der Waals surface area contributed by atoms with Crippen molar-refractivity contribution in [2.75, 3.05) is 26.7 Å². The van der Waals surface area contributed by atoms with E-state index < -0.39 is 15.4 Å². The van der Waals surface area contributed by atoms with E-state index in [-0.39, 0.29) is 5.91 Å². The van der Waals surface area contributed by atoms with Crippen molar-refractivity contribution >= 4 is 15.9 Å². The summed E-state index contributed by atoms with van der Waals surface area (Å²) in [4.78, 5) is 14.6. The van der Waals surface area contributed by atoms with E-state index in [9.17, 15) is 13.2 Å². The minimum absolute atomic E-state index is 0.0998. The molecule has 1 aromatic carbocycles. The molecule has 6 heteroatoms. The van der Waals surface area contributed by atoms with E-state index in [2.05, 4.69) is 0 Å². The Labute approximate surface area is 138 Å². The molecule has 0 aromatic heterocycles. The van der Waals surface area contributed by atoms with Gasteiger partial charge in [0.25, 0.3) is 0 Å². The quantitative estimate of drug-likeness (QED) is 0.847. The molecule has 1 spiro atoms. The average molecular weight is 336 g/mol. The van der Waals surface area contributed by atoms with Gasteiger partial charge in [-0.1, -0.05) is 19.1 Å². The van der Waals surface area contributed by atoms with Crippen molar-refractivity contribution in [3.63, 3.8) is 0 Å². The standard InChI is InChI=1S/C17H24N2O3S/c1-3-14-5-7-15(8-6-14)23(21,22)19-12-10-17(13-19)9-4-11-18(2)16(17)20/h5-8H,3-4,9-13H2,1-2H3/t17-/m1/s1. The highest BCUT2D eigenvalue weighted by Gasteiger charge is 2.50. The van der Waals surface area contributed by atoms with Crippen molar-refractivity contribution < 1.29 is 13.2 Å². The number of carbonyl (C=O) groups excluding carboxylic acids is 1. The van der Waals surface area contributed by atoms with E-state index in [1.165, 1.54) is 4.31 Å². The van der Waals surface area contributed by atoms with E-state index in [0.29, 0.717) is 24.4 Å². The molecule has 1 aromatic rings. The maximum atomic E-state index is 12.8. The second kappa shape index (κ2) is 5.91. The molecule has 23 heavy (non-hydrogen) atoms. The molecule has 2 saturated heterocycles. The molecule has 0 unspecified atom stereocenters. The molecule has 0 aliphatic carbocycles. The van der Waals surface area contributed by atoms with Gasteiger partial charge >= 0.3 is 0 Å². The molecular weight excluding hydrogens is 312 g/mol. The fraction of sp³-hybridized carbons (Fsp3) is 0.588. The van der Waals surface area contributed by atoms with Gasteiger partial charge in [-0.05, 0) is 43.4 Å². The molecule has 126 valence electrons. The lowest BCUT2D eigenvalue weighted by atomic mass is 9.78. The van der Waals surface area contributed by atoms with Gasteiger partial charge in [-0.25, -0.2) is 8.42 Å². The van der Waals surface area contributed by atoms with Crippen LogP contribution in [0.3, 0.4) is 0 Å². The SMILES string of the molecule is CCc1ccc(S(=O)(=O)N2CC[C@]3(CCCN(C)C3=O)C2)cc1. The second-order valence-corrected chi connectivity index (χ2v) is 8.63.